The van der Waals surface area contributed by atoms with Gasteiger partial charge in [-0.15, -0.1) is 0 Å². The maximum Gasteiger partial charge on any atom is 0.270 e. The number of anilines is 1. The molecule has 1 aliphatic heterocycles. The standard InChI is InChI=1S/C15H16ClN3O2/c1-8(2)19-14-13(15(21)18-19)11(7-12(20)17-14)9-4-3-5-10(16)6-9/h3-6,8,11H,7H2,1-2H3,(H,17,20)(H,18,21)/t11-/m0/s1. The molecule has 2 heterocycles. The van der Waals surface area contributed by atoms with E-state index in [2.05, 4.69) is 10.4 Å². The van der Waals surface area contributed by atoms with Crippen LogP contribution in [-0.2, 0) is 4.79 Å². The molecule has 0 aliphatic carbocycles. The van der Waals surface area contributed by atoms with E-state index < -0.39 is 0 Å². The van der Waals surface area contributed by atoms with Gasteiger partial charge in [0.1, 0.15) is 5.82 Å². The lowest BCUT2D eigenvalue weighted by molar-refractivity contribution is -0.116. The minimum atomic E-state index is -0.267. The van der Waals surface area contributed by atoms with Crippen molar-refractivity contribution in [2.24, 2.45) is 0 Å². The third kappa shape index (κ3) is 2.38. The van der Waals surface area contributed by atoms with Crippen LogP contribution in [0.2, 0.25) is 5.02 Å². The molecule has 21 heavy (non-hydrogen) atoms. The van der Waals surface area contributed by atoms with Crippen molar-refractivity contribution < 1.29 is 4.79 Å². The van der Waals surface area contributed by atoms with E-state index in [1.54, 1.807) is 16.8 Å². The van der Waals surface area contributed by atoms with Crippen LogP contribution in [0.4, 0.5) is 5.82 Å². The highest BCUT2D eigenvalue weighted by Gasteiger charge is 2.32. The van der Waals surface area contributed by atoms with Gasteiger partial charge in [-0.2, -0.15) is 0 Å². The quantitative estimate of drug-likeness (QED) is 0.896. The molecule has 2 N–H and O–H groups in total. The normalized spacial score (nSPS) is 17.7. The second-order valence-electron chi connectivity index (χ2n) is 5.53. The van der Waals surface area contributed by atoms with Gasteiger partial charge in [-0.05, 0) is 31.5 Å². The highest BCUT2D eigenvalue weighted by molar-refractivity contribution is 6.30. The van der Waals surface area contributed by atoms with Crippen molar-refractivity contribution in [1.29, 1.82) is 0 Å². The number of aromatic nitrogens is 2. The van der Waals surface area contributed by atoms with Crippen molar-refractivity contribution in [3.8, 4) is 0 Å². The number of nitrogens with zero attached hydrogens (tertiary/aromatic N) is 1. The summed E-state index contributed by atoms with van der Waals surface area (Å²) in [5.74, 6) is 0.202. The number of carbonyl (C=O) groups excluding carboxylic acids is 1. The van der Waals surface area contributed by atoms with Crippen LogP contribution in [0.3, 0.4) is 0 Å². The Balaban J connectivity index is 2.18. The number of amides is 1. The largest absolute Gasteiger partial charge is 0.311 e. The predicted octanol–water partition coefficient (Wildman–Crippen LogP) is 2.88. The number of hydrogen-bond acceptors (Lipinski definition) is 2. The van der Waals surface area contributed by atoms with Gasteiger partial charge in [0.25, 0.3) is 5.56 Å². The van der Waals surface area contributed by atoms with Crippen LogP contribution in [0.25, 0.3) is 0 Å². The van der Waals surface area contributed by atoms with Crippen molar-refractivity contribution >= 4 is 23.3 Å². The molecule has 0 unspecified atom stereocenters. The third-order valence-corrected chi connectivity index (χ3v) is 3.96. The Bertz CT molecular complexity index is 761. The van der Waals surface area contributed by atoms with Crippen molar-refractivity contribution in [1.82, 2.24) is 9.78 Å². The molecule has 0 spiro atoms. The van der Waals surface area contributed by atoms with E-state index in [4.69, 9.17) is 11.6 Å². The number of fused-ring (bicyclic) bond motifs is 1. The Labute approximate surface area is 126 Å². The summed E-state index contributed by atoms with van der Waals surface area (Å²) in [6.07, 6.45) is 0.249. The number of H-pyrrole nitrogens is 1. The number of aromatic amines is 1. The Hall–Kier alpha value is -2.01. The van der Waals surface area contributed by atoms with Crippen molar-refractivity contribution in [3.05, 3.63) is 50.8 Å². The number of halogens is 1. The molecule has 0 bridgehead atoms. The summed E-state index contributed by atoms with van der Waals surface area (Å²) in [5.41, 5.74) is 1.32. The monoisotopic (exact) mass is 305 g/mol. The molecule has 3 rings (SSSR count). The Morgan fingerprint density at radius 2 is 2.10 bits per heavy atom. The average molecular weight is 306 g/mol. The van der Waals surface area contributed by atoms with Gasteiger partial charge < -0.3 is 5.32 Å². The highest BCUT2D eigenvalue weighted by Crippen LogP contribution is 2.36. The molecule has 1 atom stereocenters. The van der Waals surface area contributed by atoms with Gasteiger partial charge in [-0.25, -0.2) is 0 Å². The summed E-state index contributed by atoms with van der Waals surface area (Å²) in [7, 11) is 0. The lowest BCUT2D eigenvalue weighted by Crippen LogP contribution is -2.27. The molecule has 6 heteroatoms. The molecule has 0 saturated heterocycles. The van der Waals surface area contributed by atoms with Gasteiger partial charge in [-0.3, -0.25) is 19.4 Å². The lowest BCUT2D eigenvalue weighted by Gasteiger charge is -2.24. The second kappa shape index (κ2) is 5.07. The smallest absolute Gasteiger partial charge is 0.270 e. The van der Waals surface area contributed by atoms with Crippen LogP contribution < -0.4 is 10.9 Å². The first kappa shape index (κ1) is 13.9. The second-order valence-corrected chi connectivity index (χ2v) is 5.96. The predicted molar refractivity (Wildman–Crippen MR) is 82.0 cm³/mol. The minimum absolute atomic E-state index is 0.0554. The number of hydrogen-bond donors (Lipinski definition) is 2. The van der Waals surface area contributed by atoms with Crippen LogP contribution in [0.1, 0.15) is 43.4 Å². The molecule has 5 nitrogen and oxygen atoms in total. The van der Waals surface area contributed by atoms with Gasteiger partial charge >= 0.3 is 0 Å². The maximum absolute atomic E-state index is 12.3. The topological polar surface area (TPSA) is 66.9 Å². The van der Waals surface area contributed by atoms with E-state index in [9.17, 15) is 9.59 Å². The van der Waals surface area contributed by atoms with Gasteiger partial charge in [-0.1, -0.05) is 23.7 Å². The minimum Gasteiger partial charge on any atom is -0.311 e. The Kier molecular flexibility index (Phi) is 3.37. The molecule has 0 saturated carbocycles. The Morgan fingerprint density at radius 3 is 2.76 bits per heavy atom. The fourth-order valence-corrected chi connectivity index (χ4v) is 2.98. The van der Waals surface area contributed by atoms with Gasteiger partial charge in [0.15, 0.2) is 0 Å². The van der Waals surface area contributed by atoms with Crippen LogP contribution >= 0.6 is 11.6 Å². The summed E-state index contributed by atoms with van der Waals surface area (Å²) < 4.78 is 1.70. The molecule has 1 aromatic carbocycles. The molecule has 1 aliphatic rings. The van der Waals surface area contributed by atoms with E-state index in [0.29, 0.717) is 16.4 Å². The van der Waals surface area contributed by atoms with Crippen LogP contribution in [0.15, 0.2) is 29.1 Å². The zero-order chi connectivity index (χ0) is 15.1. The van der Waals surface area contributed by atoms with Gasteiger partial charge in [0.05, 0.1) is 5.56 Å². The summed E-state index contributed by atoms with van der Waals surface area (Å²) >= 11 is 6.03. The van der Waals surface area contributed by atoms with E-state index in [-0.39, 0.29) is 29.8 Å². The van der Waals surface area contributed by atoms with E-state index in [1.165, 1.54) is 0 Å². The van der Waals surface area contributed by atoms with E-state index in [0.717, 1.165) is 5.56 Å². The maximum atomic E-state index is 12.3. The molecular weight excluding hydrogens is 290 g/mol. The number of benzene rings is 1. The van der Waals surface area contributed by atoms with Crippen molar-refractivity contribution in [2.75, 3.05) is 5.32 Å². The van der Waals surface area contributed by atoms with Crippen molar-refractivity contribution in [3.63, 3.8) is 0 Å². The van der Waals surface area contributed by atoms with Crippen molar-refractivity contribution in [2.45, 2.75) is 32.2 Å². The summed E-state index contributed by atoms with van der Waals surface area (Å²) in [6, 6.07) is 7.36. The molecule has 2 aromatic rings. The first-order valence-electron chi connectivity index (χ1n) is 6.87. The molecule has 110 valence electrons. The first-order valence-corrected chi connectivity index (χ1v) is 7.25. The average Bonchev–Trinajstić information content (AvgIpc) is 2.75. The summed E-state index contributed by atoms with van der Waals surface area (Å²) in [6.45, 7) is 3.90. The number of rotatable bonds is 2. The van der Waals surface area contributed by atoms with Crippen LogP contribution in [-0.4, -0.2) is 15.7 Å². The third-order valence-electron chi connectivity index (χ3n) is 3.73. The fourth-order valence-electron chi connectivity index (χ4n) is 2.78. The van der Waals surface area contributed by atoms with Crippen LogP contribution in [0, 0.1) is 0 Å². The lowest BCUT2D eigenvalue weighted by atomic mass is 9.87. The van der Waals surface area contributed by atoms with Gasteiger partial charge in [0, 0.05) is 23.4 Å². The SMILES string of the molecule is CC(C)n1[nH]c(=O)c2c1NC(=O)C[C@H]2c1cccc(Cl)c1. The first-order chi connectivity index (χ1) is 9.97. The zero-order valence-corrected chi connectivity index (χ0v) is 12.6. The number of carbonyl (C=O) groups is 1. The summed E-state index contributed by atoms with van der Waals surface area (Å²) in [5, 5.41) is 6.20. The molecule has 1 aromatic heterocycles. The molecule has 0 fully saturated rings. The van der Waals surface area contributed by atoms with E-state index in [1.807, 2.05) is 26.0 Å². The highest BCUT2D eigenvalue weighted by atomic mass is 35.5. The fraction of sp³-hybridized carbons (Fsp3) is 0.333. The molecule has 1 amide bonds. The number of nitrogens with one attached hydrogen (secondary N) is 2. The molecule has 0 radical (unpaired) electrons. The molecular formula is C15H16ClN3O2. The Morgan fingerprint density at radius 1 is 1.33 bits per heavy atom. The summed E-state index contributed by atoms with van der Waals surface area (Å²) in [4.78, 5) is 24.3. The zero-order valence-electron chi connectivity index (χ0n) is 11.8. The van der Waals surface area contributed by atoms with Crippen LogP contribution in [0.5, 0.6) is 0 Å². The van der Waals surface area contributed by atoms with E-state index >= 15 is 0 Å². The van der Waals surface area contributed by atoms with Gasteiger partial charge in [0.2, 0.25) is 5.91 Å².